The van der Waals surface area contributed by atoms with Gasteiger partial charge >= 0.3 is 13.3 Å². The molecular formula is C26H53O8PS. The predicted molar refractivity (Wildman–Crippen MR) is 146 cm³/mol. The van der Waals surface area contributed by atoms with Crippen molar-refractivity contribution < 1.29 is 37.0 Å². The van der Waals surface area contributed by atoms with E-state index in [2.05, 4.69) is 23.6 Å². The molecule has 0 spiro atoms. The standard InChI is InChI=1S/C26H53O8PS/c1-5-8-10-12-13-14-15-16-18-20-23-36(30,31)25(21-19-17-11-9-6-2)24(4)34-35(28,29)26(27)33-32-22-7-3/h24-25H,5-23H2,1-4H3,(H,28,29). The number of sulfone groups is 1. The summed E-state index contributed by atoms with van der Waals surface area (Å²) in [5, 5.41) is -0.956. The van der Waals surface area contributed by atoms with Crippen LogP contribution in [0.1, 0.15) is 137 Å². The van der Waals surface area contributed by atoms with E-state index in [0.29, 0.717) is 25.7 Å². The Kier molecular flexibility index (Phi) is 21.2. The molecule has 0 saturated carbocycles. The smallest absolute Gasteiger partial charge is 0.316 e. The third kappa shape index (κ3) is 17.1. The number of carbonyl (C=O) groups is 1. The van der Waals surface area contributed by atoms with Gasteiger partial charge in [0.1, 0.15) is 0 Å². The molecule has 0 aromatic heterocycles. The van der Waals surface area contributed by atoms with Gasteiger partial charge in [-0.1, -0.05) is 111 Å². The van der Waals surface area contributed by atoms with E-state index in [1.165, 1.54) is 45.4 Å². The molecule has 3 atom stereocenters. The molecule has 0 aliphatic carbocycles. The van der Waals surface area contributed by atoms with Gasteiger partial charge in [-0.25, -0.2) is 17.8 Å². The molecule has 0 amide bonds. The van der Waals surface area contributed by atoms with Crippen LogP contribution >= 0.6 is 7.60 Å². The molecule has 216 valence electrons. The van der Waals surface area contributed by atoms with Gasteiger partial charge in [-0.15, -0.1) is 0 Å². The first kappa shape index (κ1) is 35.5. The van der Waals surface area contributed by atoms with Crippen molar-refractivity contribution in [1.29, 1.82) is 0 Å². The van der Waals surface area contributed by atoms with Gasteiger partial charge < -0.3 is 4.89 Å². The summed E-state index contributed by atoms with van der Waals surface area (Å²) < 4.78 is 43.9. The first-order valence-electron chi connectivity index (χ1n) is 14.2. The Labute approximate surface area is 220 Å². The van der Waals surface area contributed by atoms with Gasteiger partial charge in [0.15, 0.2) is 9.84 Å². The Balaban J connectivity index is 4.85. The zero-order valence-electron chi connectivity index (χ0n) is 23.3. The molecule has 10 heteroatoms. The molecule has 0 bridgehead atoms. The topological polar surface area (TPSA) is 116 Å². The van der Waals surface area contributed by atoms with Crippen LogP contribution in [0.4, 0.5) is 4.79 Å². The van der Waals surface area contributed by atoms with Crippen molar-refractivity contribution in [2.24, 2.45) is 0 Å². The number of carbonyl (C=O) groups excluding carboxylic acids is 1. The Bertz CT molecular complexity index is 698. The highest BCUT2D eigenvalue weighted by Gasteiger charge is 2.41. The van der Waals surface area contributed by atoms with Crippen LogP contribution in [-0.2, 0) is 28.7 Å². The Morgan fingerprint density at radius 2 is 1.25 bits per heavy atom. The quantitative estimate of drug-likeness (QED) is 0.0518. The van der Waals surface area contributed by atoms with E-state index >= 15 is 0 Å². The Morgan fingerprint density at radius 3 is 1.75 bits per heavy atom. The first-order chi connectivity index (χ1) is 17.1. The van der Waals surface area contributed by atoms with Crippen LogP contribution in [0.2, 0.25) is 0 Å². The second-order valence-corrected chi connectivity index (χ2v) is 13.7. The monoisotopic (exact) mass is 556 g/mol. The first-order valence-corrected chi connectivity index (χ1v) is 17.5. The molecule has 0 radical (unpaired) electrons. The van der Waals surface area contributed by atoms with E-state index in [0.717, 1.165) is 44.9 Å². The molecule has 0 aliphatic heterocycles. The van der Waals surface area contributed by atoms with Crippen molar-refractivity contribution in [2.45, 2.75) is 148 Å². The molecule has 0 fully saturated rings. The van der Waals surface area contributed by atoms with Gasteiger partial charge in [-0.3, -0.25) is 9.41 Å². The second-order valence-electron chi connectivity index (χ2n) is 9.79. The van der Waals surface area contributed by atoms with E-state index in [9.17, 15) is 22.7 Å². The highest BCUT2D eigenvalue weighted by molar-refractivity contribution is 7.92. The number of hydrogen-bond acceptors (Lipinski definition) is 7. The molecule has 0 aliphatic rings. The lowest BCUT2D eigenvalue weighted by molar-refractivity contribution is -0.231. The van der Waals surface area contributed by atoms with Gasteiger partial charge in [0.05, 0.1) is 23.7 Å². The average Bonchev–Trinajstić information content (AvgIpc) is 2.82. The van der Waals surface area contributed by atoms with E-state index in [4.69, 9.17) is 4.52 Å². The fourth-order valence-electron chi connectivity index (χ4n) is 4.16. The number of hydrogen-bond donors (Lipinski definition) is 1. The minimum Gasteiger partial charge on any atom is -0.316 e. The van der Waals surface area contributed by atoms with E-state index in [-0.39, 0.29) is 12.4 Å². The molecular weight excluding hydrogens is 503 g/mol. The zero-order chi connectivity index (χ0) is 27.3. The SMILES string of the molecule is CCCCCCCCCCCCS(=O)(=O)C(CCCCCCC)C(C)OP(=O)(O)C(=O)OOCCC. The summed E-state index contributed by atoms with van der Waals surface area (Å²) >= 11 is 0. The minimum absolute atomic E-state index is 0.0105. The lowest BCUT2D eigenvalue weighted by atomic mass is 10.1. The Morgan fingerprint density at radius 1 is 0.778 bits per heavy atom. The molecule has 8 nitrogen and oxygen atoms in total. The van der Waals surface area contributed by atoms with Crippen LogP contribution in [0.3, 0.4) is 0 Å². The van der Waals surface area contributed by atoms with Crippen LogP contribution in [-0.4, -0.2) is 42.7 Å². The largest absolute Gasteiger partial charge is 0.452 e. The lowest BCUT2D eigenvalue weighted by Gasteiger charge is -2.25. The van der Waals surface area contributed by atoms with Crippen molar-refractivity contribution in [2.75, 3.05) is 12.4 Å². The minimum atomic E-state index is -4.86. The van der Waals surface area contributed by atoms with Crippen molar-refractivity contribution in [3.8, 4) is 0 Å². The summed E-state index contributed by atoms with van der Waals surface area (Å²) in [6.07, 6.45) is 15.5. The van der Waals surface area contributed by atoms with E-state index < -0.39 is 34.5 Å². The van der Waals surface area contributed by atoms with Crippen molar-refractivity contribution in [3.63, 3.8) is 0 Å². The van der Waals surface area contributed by atoms with Gasteiger partial charge in [0, 0.05) is 0 Å². The third-order valence-corrected chi connectivity index (χ3v) is 9.87. The molecule has 3 unspecified atom stereocenters. The predicted octanol–water partition coefficient (Wildman–Crippen LogP) is 8.12. The van der Waals surface area contributed by atoms with E-state index in [1.807, 2.05) is 0 Å². The number of rotatable bonds is 25. The fourth-order valence-corrected chi connectivity index (χ4v) is 7.14. The summed E-state index contributed by atoms with van der Waals surface area (Å²) in [5.74, 6) is 0.0105. The van der Waals surface area contributed by atoms with Gasteiger partial charge in [0.25, 0.3) is 0 Å². The maximum Gasteiger partial charge on any atom is 0.452 e. The molecule has 0 saturated heterocycles. The normalized spacial score (nSPS) is 15.4. The van der Waals surface area contributed by atoms with Crippen LogP contribution in [0.15, 0.2) is 0 Å². The van der Waals surface area contributed by atoms with Crippen LogP contribution in [0.25, 0.3) is 0 Å². The van der Waals surface area contributed by atoms with Crippen molar-refractivity contribution in [1.82, 2.24) is 0 Å². The highest BCUT2D eigenvalue weighted by Crippen LogP contribution is 2.46. The summed E-state index contributed by atoms with van der Waals surface area (Å²) in [6, 6.07) is 0. The van der Waals surface area contributed by atoms with Crippen LogP contribution in [0.5, 0.6) is 0 Å². The maximum atomic E-state index is 13.2. The van der Waals surface area contributed by atoms with Crippen LogP contribution < -0.4 is 0 Å². The van der Waals surface area contributed by atoms with Crippen molar-refractivity contribution >= 4 is 23.1 Å². The molecule has 0 heterocycles. The molecule has 36 heavy (non-hydrogen) atoms. The molecule has 0 aromatic rings. The second kappa shape index (κ2) is 21.5. The third-order valence-electron chi connectivity index (χ3n) is 6.32. The Hall–Kier alpha value is -0.470. The molecule has 0 aromatic carbocycles. The summed E-state index contributed by atoms with van der Waals surface area (Å²) in [5.41, 5.74) is -1.53. The zero-order valence-corrected chi connectivity index (χ0v) is 25.0. The summed E-state index contributed by atoms with van der Waals surface area (Å²) in [7, 11) is -8.44. The fraction of sp³-hybridized carbons (Fsp3) is 0.962. The van der Waals surface area contributed by atoms with Crippen LogP contribution in [0, 0.1) is 0 Å². The molecule has 1 N–H and O–H groups in total. The van der Waals surface area contributed by atoms with E-state index in [1.54, 1.807) is 6.92 Å². The summed E-state index contributed by atoms with van der Waals surface area (Å²) in [4.78, 5) is 30.9. The lowest BCUT2D eigenvalue weighted by Crippen LogP contribution is -2.36. The highest BCUT2D eigenvalue weighted by atomic mass is 32.2. The number of unbranched alkanes of at least 4 members (excludes halogenated alkanes) is 13. The van der Waals surface area contributed by atoms with Crippen molar-refractivity contribution in [3.05, 3.63) is 0 Å². The van der Waals surface area contributed by atoms with Gasteiger partial charge in [-0.05, 0) is 26.2 Å². The van der Waals surface area contributed by atoms with Gasteiger partial charge in [0.2, 0.25) is 0 Å². The average molecular weight is 557 g/mol. The maximum absolute atomic E-state index is 13.2. The van der Waals surface area contributed by atoms with Gasteiger partial charge in [-0.2, -0.15) is 4.89 Å². The summed E-state index contributed by atoms with van der Waals surface area (Å²) in [6.45, 7) is 7.62. The molecule has 0 rings (SSSR count).